The van der Waals surface area contributed by atoms with Crippen LogP contribution in [0.25, 0.3) is 0 Å². The summed E-state index contributed by atoms with van der Waals surface area (Å²) in [6.07, 6.45) is -3.03. The molecule has 8 rings (SSSR count). The van der Waals surface area contributed by atoms with Crippen LogP contribution >= 0.6 is 34.8 Å². The van der Waals surface area contributed by atoms with Crippen molar-refractivity contribution in [3.8, 4) is 11.5 Å². The minimum Gasteiger partial charge on any atom is -0.497 e. The first-order valence-electron chi connectivity index (χ1n) is 18.7. The summed E-state index contributed by atoms with van der Waals surface area (Å²) in [5, 5.41) is 12.2. The van der Waals surface area contributed by atoms with Crippen LogP contribution in [0.5, 0.6) is 11.5 Å². The number of carbonyl (C=O) groups excluding carboxylic acids is 4. The van der Waals surface area contributed by atoms with E-state index < -0.39 is 76.3 Å². The SMILES string of the molecule is COc1ccc([C@@]23C(=O)N(Nc4ccc(Cl)cc4Cl)C(=O)[C@@H]2C[C@@H]2C(=CC[C@@H]4C(=O)N(N(C)c5nc(C(F)(F)F)ccc5Cl)C(=O)[C@@H]42)[C@@H]3c2ccc(OCCO)cc2)cc1. The van der Waals surface area contributed by atoms with Crippen LogP contribution in [0.1, 0.15) is 35.6 Å². The van der Waals surface area contributed by atoms with Gasteiger partial charge in [0.2, 0.25) is 0 Å². The lowest BCUT2D eigenvalue weighted by Gasteiger charge is -2.50. The fraction of sp³-hybridized carbons (Fsp3) is 0.310. The lowest BCUT2D eigenvalue weighted by molar-refractivity contribution is -0.142. The zero-order valence-electron chi connectivity index (χ0n) is 31.8. The molecule has 1 saturated carbocycles. The zero-order valence-corrected chi connectivity index (χ0v) is 34.0. The standard InChI is InChI=1S/C42H35Cl3F3N5O7/c1-51(36-30(44)14-16-33(49-36)42(46,47)48)53-37(55)27-13-12-26-28(34(27)39(53)57)20-29-38(56)52(50-32-15-7-23(43)19-31(32)45)40(58)41(29,22-5-10-24(59-2)11-6-22)35(26)21-3-8-25(9-4-21)60-18-17-54/h3-12,14-16,19,27-29,34-35,50,54H,13,17-18,20H2,1-2H3/t27-,28+,29-,34-,35-,41+/m0/s1. The topological polar surface area (TPSA) is 142 Å². The Morgan fingerprint density at radius 1 is 0.900 bits per heavy atom. The second kappa shape index (κ2) is 15.6. The predicted molar refractivity (Wildman–Crippen MR) is 214 cm³/mol. The van der Waals surface area contributed by atoms with Gasteiger partial charge >= 0.3 is 6.18 Å². The molecule has 0 radical (unpaired) electrons. The summed E-state index contributed by atoms with van der Waals surface area (Å²) in [5.41, 5.74) is 1.94. The Morgan fingerprint density at radius 3 is 2.25 bits per heavy atom. The highest BCUT2D eigenvalue weighted by atomic mass is 35.5. The summed E-state index contributed by atoms with van der Waals surface area (Å²) in [6, 6.07) is 19.9. The number of carbonyl (C=O) groups is 4. The molecule has 60 heavy (non-hydrogen) atoms. The lowest BCUT2D eigenvalue weighted by Crippen LogP contribution is -2.53. The average molecular weight is 885 g/mol. The summed E-state index contributed by atoms with van der Waals surface area (Å²) in [6.45, 7) is -0.198. The van der Waals surface area contributed by atoms with E-state index in [9.17, 15) is 27.9 Å². The number of alkyl halides is 3. The molecule has 0 spiro atoms. The number of ether oxygens (including phenoxy) is 2. The van der Waals surface area contributed by atoms with Gasteiger partial charge in [-0.1, -0.05) is 70.7 Å². The number of halogens is 6. The average Bonchev–Trinajstić information content (AvgIpc) is 3.61. The van der Waals surface area contributed by atoms with Crippen LogP contribution in [-0.4, -0.2) is 71.1 Å². The number of anilines is 2. The van der Waals surface area contributed by atoms with Gasteiger partial charge in [-0.25, -0.2) is 4.98 Å². The van der Waals surface area contributed by atoms with Gasteiger partial charge in [0.1, 0.15) is 23.8 Å². The Bertz CT molecular complexity index is 2440. The Hall–Kier alpha value is -5.35. The number of imide groups is 2. The highest BCUT2D eigenvalue weighted by Gasteiger charge is 2.70. The van der Waals surface area contributed by atoms with E-state index in [2.05, 4.69) is 10.4 Å². The molecule has 4 amide bonds. The smallest absolute Gasteiger partial charge is 0.433 e. The first-order valence-corrected chi connectivity index (χ1v) is 19.9. The van der Waals surface area contributed by atoms with Crippen molar-refractivity contribution >= 4 is 69.9 Å². The minimum absolute atomic E-state index is 0.0279. The monoisotopic (exact) mass is 883 g/mol. The van der Waals surface area contributed by atoms with Crippen molar-refractivity contribution in [2.75, 3.05) is 37.8 Å². The normalized spacial score (nSPS) is 24.8. The van der Waals surface area contributed by atoms with Crippen LogP contribution in [0.4, 0.5) is 24.7 Å². The molecule has 18 heteroatoms. The van der Waals surface area contributed by atoms with Gasteiger partial charge in [-0.05, 0) is 84.5 Å². The van der Waals surface area contributed by atoms with Crippen LogP contribution in [0, 0.1) is 23.7 Å². The van der Waals surface area contributed by atoms with Gasteiger partial charge in [-0.15, -0.1) is 0 Å². The van der Waals surface area contributed by atoms with Gasteiger partial charge in [0.25, 0.3) is 23.6 Å². The van der Waals surface area contributed by atoms with Crippen molar-refractivity contribution in [2.45, 2.75) is 30.4 Å². The molecule has 3 fully saturated rings. The third-order valence-corrected chi connectivity index (χ3v) is 12.7. The van der Waals surface area contributed by atoms with Gasteiger partial charge in [0.05, 0.1) is 52.6 Å². The van der Waals surface area contributed by atoms with E-state index in [0.29, 0.717) is 39.3 Å². The number of methoxy groups -OCH3 is 1. The van der Waals surface area contributed by atoms with Gasteiger partial charge in [0.15, 0.2) is 5.82 Å². The molecule has 3 aromatic carbocycles. The maximum Gasteiger partial charge on any atom is 0.433 e. The van der Waals surface area contributed by atoms with Gasteiger partial charge in [-0.2, -0.15) is 23.2 Å². The van der Waals surface area contributed by atoms with Crippen LogP contribution in [0.2, 0.25) is 15.1 Å². The summed E-state index contributed by atoms with van der Waals surface area (Å²) >= 11 is 19.0. The number of nitrogens with one attached hydrogen (secondary N) is 1. The number of pyridine rings is 1. The summed E-state index contributed by atoms with van der Waals surface area (Å²) in [7, 11) is 2.73. The van der Waals surface area contributed by atoms with Gasteiger partial charge in [0, 0.05) is 18.0 Å². The van der Waals surface area contributed by atoms with E-state index in [0.717, 1.165) is 21.1 Å². The number of fused-ring (bicyclic) bond motifs is 4. The molecule has 1 aromatic heterocycles. The van der Waals surface area contributed by atoms with Crippen molar-refractivity contribution in [2.24, 2.45) is 23.7 Å². The number of hydrogen-bond donors (Lipinski definition) is 2. The molecule has 0 bridgehead atoms. The van der Waals surface area contributed by atoms with Crippen molar-refractivity contribution < 1.29 is 46.9 Å². The third kappa shape index (κ3) is 6.62. The number of aromatic nitrogens is 1. The van der Waals surface area contributed by atoms with E-state index >= 15 is 9.59 Å². The summed E-state index contributed by atoms with van der Waals surface area (Å²) in [5.74, 6) is -7.06. The summed E-state index contributed by atoms with van der Waals surface area (Å²) in [4.78, 5) is 63.1. The lowest BCUT2D eigenvalue weighted by atomic mass is 9.49. The molecule has 2 aliphatic heterocycles. The maximum atomic E-state index is 15.5. The molecule has 4 aromatic rings. The molecule has 2 N–H and O–H groups in total. The number of hydrazine groups is 2. The first kappa shape index (κ1) is 41.4. The molecule has 0 unspecified atom stereocenters. The van der Waals surface area contributed by atoms with Crippen LogP contribution < -0.4 is 19.9 Å². The molecule has 312 valence electrons. The molecule has 4 aliphatic rings. The van der Waals surface area contributed by atoms with Crippen LogP contribution in [-0.2, 0) is 30.8 Å². The third-order valence-electron chi connectivity index (χ3n) is 11.9. The second-order valence-corrected chi connectivity index (χ2v) is 16.1. The Morgan fingerprint density at radius 2 is 1.60 bits per heavy atom. The fourth-order valence-electron chi connectivity index (χ4n) is 9.33. The molecule has 3 heterocycles. The molecular formula is C42H35Cl3F3N5O7. The quantitative estimate of drug-likeness (QED) is 0.122. The van der Waals surface area contributed by atoms with Crippen molar-refractivity contribution in [3.63, 3.8) is 0 Å². The molecule has 12 nitrogen and oxygen atoms in total. The molecule has 2 saturated heterocycles. The molecule has 2 aliphatic carbocycles. The van der Waals surface area contributed by atoms with E-state index in [-0.39, 0.29) is 41.8 Å². The van der Waals surface area contributed by atoms with Crippen LogP contribution in [0.3, 0.4) is 0 Å². The van der Waals surface area contributed by atoms with Crippen molar-refractivity contribution in [1.29, 1.82) is 0 Å². The Kier molecular flexibility index (Phi) is 10.8. The van der Waals surface area contributed by atoms with Crippen molar-refractivity contribution in [3.05, 3.63) is 122 Å². The number of rotatable bonds is 10. The molecular weight excluding hydrogens is 850 g/mol. The number of nitrogens with zero attached hydrogens (tertiary/aromatic N) is 4. The largest absolute Gasteiger partial charge is 0.497 e. The highest BCUT2D eigenvalue weighted by Crippen LogP contribution is 2.64. The number of aliphatic hydroxyl groups excluding tert-OH is 1. The number of hydrogen-bond acceptors (Lipinski definition) is 10. The van der Waals surface area contributed by atoms with Crippen molar-refractivity contribution in [1.82, 2.24) is 15.0 Å². The Balaban J connectivity index is 1.28. The van der Waals surface area contributed by atoms with E-state index in [1.54, 1.807) is 54.6 Å². The molecule has 6 atom stereocenters. The number of allylic oxidation sites excluding steroid dienone is 2. The number of amides is 4. The summed E-state index contributed by atoms with van der Waals surface area (Å²) < 4.78 is 52.3. The van der Waals surface area contributed by atoms with E-state index in [1.165, 1.54) is 26.3 Å². The van der Waals surface area contributed by atoms with E-state index in [1.807, 2.05) is 6.08 Å². The number of aliphatic hydroxyl groups is 1. The predicted octanol–water partition coefficient (Wildman–Crippen LogP) is 7.48. The highest BCUT2D eigenvalue weighted by molar-refractivity contribution is 6.36. The van der Waals surface area contributed by atoms with E-state index in [4.69, 9.17) is 44.3 Å². The Labute approximate surface area is 356 Å². The fourth-order valence-corrected chi connectivity index (χ4v) is 10.0. The van der Waals surface area contributed by atoms with Gasteiger partial charge in [-0.3, -0.25) is 29.6 Å². The minimum atomic E-state index is -4.84. The zero-order chi connectivity index (χ0) is 42.8. The number of benzene rings is 3. The second-order valence-electron chi connectivity index (χ2n) is 14.9. The van der Waals surface area contributed by atoms with Crippen LogP contribution in [0.15, 0.2) is 90.5 Å². The first-order chi connectivity index (χ1) is 28.6. The maximum absolute atomic E-state index is 15.5. The van der Waals surface area contributed by atoms with Gasteiger partial charge < -0.3 is 14.6 Å².